The van der Waals surface area contributed by atoms with Crippen LogP contribution in [0.4, 0.5) is 4.39 Å². The Morgan fingerprint density at radius 1 is 1.29 bits per heavy atom. The summed E-state index contributed by atoms with van der Waals surface area (Å²) >= 11 is 1.64. The van der Waals surface area contributed by atoms with Crippen LogP contribution < -0.4 is 10.6 Å². The molecule has 2 N–H and O–H groups in total. The average Bonchev–Trinajstić information content (AvgIpc) is 3.09. The molecule has 0 aliphatic heterocycles. The Morgan fingerprint density at radius 3 is 2.61 bits per heavy atom. The summed E-state index contributed by atoms with van der Waals surface area (Å²) in [4.78, 5) is 11.3. The van der Waals surface area contributed by atoms with E-state index in [2.05, 4.69) is 44.7 Å². The van der Waals surface area contributed by atoms with Gasteiger partial charge in [-0.2, -0.15) is 0 Å². The van der Waals surface area contributed by atoms with Gasteiger partial charge in [0, 0.05) is 18.5 Å². The molecule has 2 rings (SSSR count). The van der Waals surface area contributed by atoms with Crippen molar-refractivity contribution in [1.29, 1.82) is 0 Å². The lowest BCUT2D eigenvalue weighted by atomic mass is 10.1. The van der Waals surface area contributed by atoms with Crippen molar-refractivity contribution in [2.24, 2.45) is 4.99 Å². The van der Waals surface area contributed by atoms with Gasteiger partial charge in [0.1, 0.15) is 10.8 Å². The lowest BCUT2D eigenvalue weighted by Crippen LogP contribution is -2.41. The maximum atomic E-state index is 13.6. The second kappa shape index (κ2) is 12.3. The molecule has 1 aromatic heterocycles. The van der Waals surface area contributed by atoms with Crippen LogP contribution in [0.1, 0.15) is 49.0 Å². The zero-order valence-corrected chi connectivity index (χ0v) is 20.3. The van der Waals surface area contributed by atoms with Gasteiger partial charge < -0.3 is 15.5 Å². The van der Waals surface area contributed by atoms with Crippen LogP contribution in [0.15, 0.2) is 34.6 Å². The molecule has 28 heavy (non-hydrogen) atoms. The second-order valence-corrected chi connectivity index (χ2v) is 7.87. The normalized spacial score (nSPS) is 12.8. The summed E-state index contributed by atoms with van der Waals surface area (Å²) in [5.74, 6) is 0.948. The van der Waals surface area contributed by atoms with Gasteiger partial charge in [0.05, 0.1) is 18.3 Å². The number of nitrogens with zero attached hydrogens (tertiary/aromatic N) is 3. The molecule has 0 fully saturated rings. The number of benzene rings is 1. The summed E-state index contributed by atoms with van der Waals surface area (Å²) in [7, 11) is 3.98. The highest BCUT2D eigenvalue weighted by molar-refractivity contribution is 14.0. The summed E-state index contributed by atoms with van der Waals surface area (Å²) in [5, 5.41) is 9.74. The largest absolute Gasteiger partial charge is 0.357 e. The van der Waals surface area contributed by atoms with Crippen LogP contribution in [-0.2, 0) is 6.54 Å². The van der Waals surface area contributed by atoms with Gasteiger partial charge >= 0.3 is 0 Å². The first kappa shape index (κ1) is 24.8. The predicted molar refractivity (Wildman–Crippen MR) is 127 cm³/mol. The molecule has 1 heterocycles. The molecule has 0 spiro atoms. The van der Waals surface area contributed by atoms with Crippen molar-refractivity contribution in [2.45, 2.75) is 39.3 Å². The van der Waals surface area contributed by atoms with Crippen LogP contribution in [0.3, 0.4) is 0 Å². The van der Waals surface area contributed by atoms with Crippen LogP contribution in [-0.4, -0.2) is 43.0 Å². The molecule has 1 atom stereocenters. The van der Waals surface area contributed by atoms with Crippen molar-refractivity contribution in [2.75, 3.05) is 27.2 Å². The van der Waals surface area contributed by atoms with Gasteiger partial charge in [0.2, 0.25) is 0 Å². The third-order valence-corrected chi connectivity index (χ3v) is 5.05. The fourth-order valence-corrected chi connectivity index (χ4v) is 3.54. The zero-order valence-electron chi connectivity index (χ0n) is 17.2. The first-order valence-corrected chi connectivity index (χ1v) is 10.2. The van der Waals surface area contributed by atoms with Crippen LogP contribution in [0.25, 0.3) is 0 Å². The van der Waals surface area contributed by atoms with Crippen LogP contribution in [0.5, 0.6) is 0 Å². The van der Waals surface area contributed by atoms with Crippen LogP contribution in [0, 0.1) is 5.82 Å². The fraction of sp³-hybridized carbons (Fsp3) is 0.500. The summed E-state index contributed by atoms with van der Waals surface area (Å²) < 4.78 is 13.6. The van der Waals surface area contributed by atoms with Crippen molar-refractivity contribution >= 4 is 41.3 Å². The van der Waals surface area contributed by atoms with E-state index in [9.17, 15) is 4.39 Å². The molecule has 0 saturated heterocycles. The number of thiazole rings is 1. The highest BCUT2D eigenvalue weighted by Crippen LogP contribution is 2.19. The molecule has 0 aliphatic carbocycles. The van der Waals surface area contributed by atoms with E-state index in [-0.39, 0.29) is 35.8 Å². The number of aromatic nitrogens is 1. The van der Waals surface area contributed by atoms with Gasteiger partial charge in [-0.05, 0) is 44.6 Å². The lowest BCUT2D eigenvalue weighted by molar-refractivity contribution is 0.297. The van der Waals surface area contributed by atoms with E-state index < -0.39 is 0 Å². The summed E-state index contributed by atoms with van der Waals surface area (Å²) in [5.41, 5.74) is 2.05. The number of likely N-dealkylation sites (N-methyl/N-ethyl adjacent to an activating group) is 1. The third-order valence-electron chi connectivity index (χ3n) is 4.20. The standard InChI is InChI=1S/C20H30FN5S.HI/c1-6-22-20(24-12-19-25-17(13-27-19)14(2)3)23-11-18(26(4)5)15-8-7-9-16(21)10-15;/h7-10,13-14,18H,6,11-12H2,1-5H3,(H2,22,23,24);1H. The Kier molecular flexibility index (Phi) is 10.9. The molecule has 0 bridgehead atoms. The Labute approximate surface area is 188 Å². The molecular weight excluding hydrogens is 488 g/mol. The van der Waals surface area contributed by atoms with E-state index in [1.54, 1.807) is 23.5 Å². The Balaban J connectivity index is 0.00000392. The number of rotatable bonds is 8. The highest BCUT2D eigenvalue weighted by Gasteiger charge is 2.15. The SMILES string of the molecule is CCNC(=NCc1nc(C(C)C)cs1)NCC(c1cccc(F)c1)N(C)C.I. The first-order chi connectivity index (χ1) is 12.9. The monoisotopic (exact) mass is 519 g/mol. The molecule has 0 amide bonds. The van der Waals surface area contributed by atoms with E-state index >= 15 is 0 Å². The van der Waals surface area contributed by atoms with E-state index in [4.69, 9.17) is 0 Å². The smallest absolute Gasteiger partial charge is 0.191 e. The molecule has 5 nitrogen and oxygen atoms in total. The molecule has 0 aliphatic rings. The Bertz CT molecular complexity index is 748. The number of guanidine groups is 1. The van der Waals surface area contributed by atoms with Crippen LogP contribution >= 0.6 is 35.3 Å². The first-order valence-electron chi connectivity index (χ1n) is 9.29. The fourth-order valence-electron chi connectivity index (χ4n) is 2.66. The van der Waals surface area contributed by atoms with Gasteiger partial charge in [0.15, 0.2) is 5.96 Å². The second-order valence-electron chi connectivity index (χ2n) is 6.93. The van der Waals surface area contributed by atoms with Crippen LogP contribution in [0.2, 0.25) is 0 Å². The molecule has 0 saturated carbocycles. The quantitative estimate of drug-likeness (QED) is 0.309. The van der Waals surface area contributed by atoms with Crippen molar-refractivity contribution in [3.63, 3.8) is 0 Å². The molecule has 8 heteroatoms. The van der Waals surface area contributed by atoms with Gasteiger partial charge in [-0.1, -0.05) is 26.0 Å². The summed E-state index contributed by atoms with van der Waals surface area (Å²) in [6.07, 6.45) is 0. The highest BCUT2D eigenvalue weighted by atomic mass is 127. The van der Waals surface area contributed by atoms with E-state index in [0.717, 1.165) is 28.8 Å². The van der Waals surface area contributed by atoms with Gasteiger partial charge in [-0.25, -0.2) is 14.4 Å². The van der Waals surface area contributed by atoms with Gasteiger partial charge in [-0.3, -0.25) is 0 Å². The topological polar surface area (TPSA) is 52.6 Å². The number of halogens is 2. The van der Waals surface area contributed by atoms with E-state index in [1.165, 1.54) is 6.07 Å². The molecule has 2 aromatic rings. The molecule has 156 valence electrons. The summed E-state index contributed by atoms with van der Waals surface area (Å²) in [6, 6.07) is 6.78. The molecular formula is C20H31FIN5S. The zero-order chi connectivity index (χ0) is 19.8. The van der Waals surface area contributed by atoms with Crippen molar-refractivity contribution in [3.8, 4) is 0 Å². The van der Waals surface area contributed by atoms with E-state index in [1.807, 2.05) is 27.1 Å². The maximum Gasteiger partial charge on any atom is 0.191 e. The predicted octanol–water partition coefficient (Wildman–Crippen LogP) is 4.38. The maximum absolute atomic E-state index is 13.6. The molecule has 1 unspecified atom stereocenters. The summed E-state index contributed by atoms with van der Waals surface area (Å²) in [6.45, 7) is 8.25. The lowest BCUT2D eigenvalue weighted by Gasteiger charge is -2.26. The van der Waals surface area contributed by atoms with Crippen molar-refractivity contribution < 1.29 is 4.39 Å². The number of aliphatic imine (C=N–C) groups is 1. The number of hydrogen-bond acceptors (Lipinski definition) is 4. The van der Waals surface area contributed by atoms with E-state index in [0.29, 0.717) is 19.0 Å². The van der Waals surface area contributed by atoms with Crippen molar-refractivity contribution in [3.05, 3.63) is 51.7 Å². The number of hydrogen-bond donors (Lipinski definition) is 2. The minimum atomic E-state index is -0.218. The Hall–Kier alpha value is -1.26. The average molecular weight is 519 g/mol. The number of nitrogens with one attached hydrogen (secondary N) is 2. The van der Waals surface area contributed by atoms with Gasteiger partial charge in [0.25, 0.3) is 0 Å². The third kappa shape index (κ3) is 7.63. The molecule has 0 radical (unpaired) electrons. The van der Waals surface area contributed by atoms with Crippen molar-refractivity contribution in [1.82, 2.24) is 20.5 Å². The molecule has 1 aromatic carbocycles. The minimum Gasteiger partial charge on any atom is -0.357 e. The van der Waals surface area contributed by atoms with Gasteiger partial charge in [-0.15, -0.1) is 35.3 Å². The minimum absolute atomic E-state index is 0. The Morgan fingerprint density at radius 2 is 2.04 bits per heavy atom.